The molecule has 0 aromatic carbocycles. The summed E-state index contributed by atoms with van der Waals surface area (Å²) in [7, 11) is -4.74. The first-order valence-corrected chi connectivity index (χ1v) is 11.7. The molecule has 2 amide bonds. The van der Waals surface area contributed by atoms with Gasteiger partial charge in [0.1, 0.15) is 24.2 Å². The van der Waals surface area contributed by atoms with Crippen molar-refractivity contribution in [3.8, 4) is 5.88 Å². The third-order valence-corrected chi connectivity index (χ3v) is 6.16. The van der Waals surface area contributed by atoms with Crippen LogP contribution in [-0.2, 0) is 24.7 Å². The smallest absolute Gasteiger partial charge is 0.362 e. The predicted octanol–water partition coefficient (Wildman–Crippen LogP) is -1.28. The lowest BCUT2D eigenvalue weighted by atomic mass is 10.0. The van der Waals surface area contributed by atoms with Crippen LogP contribution in [0.3, 0.4) is 0 Å². The van der Waals surface area contributed by atoms with Gasteiger partial charge < -0.3 is 26.4 Å². The summed E-state index contributed by atoms with van der Waals surface area (Å²) in [6.45, 7) is 1.25. The van der Waals surface area contributed by atoms with Gasteiger partial charge in [0.05, 0.1) is 6.04 Å². The van der Waals surface area contributed by atoms with E-state index in [0.29, 0.717) is 5.56 Å². The Morgan fingerprint density at radius 1 is 1.41 bits per heavy atom. The summed E-state index contributed by atoms with van der Waals surface area (Å²) in [4.78, 5) is 37.9. The second-order valence-electron chi connectivity index (χ2n) is 6.79. The van der Waals surface area contributed by atoms with Gasteiger partial charge in [-0.15, -0.1) is 11.3 Å². The van der Waals surface area contributed by atoms with Gasteiger partial charge in [-0.3, -0.25) is 19.6 Å². The largest absolute Gasteiger partial charge is 0.474 e. The lowest BCUT2D eigenvalue weighted by Gasteiger charge is -2.42. The molecule has 17 heteroatoms. The first-order chi connectivity index (χ1) is 16.0. The number of hydrogen-bond donors (Lipinski definition) is 5. The highest BCUT2D eigenvalue weighted by Crippen LogP contribution is 2.23. The zero-order valence-electron chi connectivity index (χ0n) is 17.5. The predicted molar refractivity (Wildman–Crippen MR) is 120 cm³/mol. The van der Waals surface area contributed by atoms with Crippen LogP contribution in [0.2, 0.25) is 0 Å². The van der Waals surface area contributed by atoms with Gasteiger partial charge in [-0.2, -0.15) is 8.42 Å². The molecule has 15 nitrogen and oxygen atoms in total. The minimum atomic E-state index is -4.74. The molecule has 1 aliphatic rings. The maximum Gasteiger partial charge on any atom is 0.362 e. The second kappa shape index (κ2) is 9.98. The van der Waals surface area contributed by atoms with Crippen molar-refractivity contribution >= 4 is 50.1 Å². The molecule has 182 valence electrons. The fraction of sp³-hybridized carbons (Fsp3) is 0.294. The summed E-state index contributed by atoms with van der Waals surface area (Å²) in [6, 6.07) is 0.862. The Bertz CT molecular complexity index is 1230. The van der Waals surface area contributed by atoms with E-state index in [9.17, 15) is 18.0 Å². The zero-order chi connectivity index (χ0) is 25.0. The van der Waals surface area contributed by atoms with Crippen molar-refractivity contribution in [1.29, 1.82) is 5.41 Å². The normalized spacial score (nSPS) is 18.2. The standard InChI is InChI=1S/C17H20N8O7S2/c1-8-12(16(27)25(8)34(28,29)30)23-15(26)13(10-7-33-17(20)22-10)24-32-5-4-31-11-3-2-9(6-21-11)14(18)19/h2-3,6-8,12H,4-5H2,1H3,(H3,18,19)(H2,20,22)(H,23,26)(H,28,29,30)/t8-,12-/m0/s1. The quantitative estimate of drug-likeness (QED) is 0.0627. The fourth-order valence-electron chi connectivity index (χ4n) is 2.83. The highest BCUT2D eigenvalue weighted by molar-refractivity contribution is 7.84. The van der Waals surface area contributed by atoms with Crippen LogP contribution in [0.25, 0.3) is 0 Å². The summed E-state index contributed by atoms with van der Waals surface area (Å²) in [5.41, 5.74) is 11.2. The van der Waals surface area contributed by atoms with Gasteiger partial charge in [-0.25, -0.2) is 14.3 Å². The number of rotatable bonds is 10. The summed E-state index contributed by atoms with van der Waals surface area (Å²) in [6.07, 6.45) is 1.37. The number of anilines is 1. The van der Waals surface area contributed by atoms with Crippen molar-refractivity contribution in [2.45, 2.75) is 19.0 Å². The third-order valence-electron chi connectivity index (χ3n) is 4.48. The summed E-state index contributed by atoms with van der Waals surface area (Å²) in [5, 5.41) is 15.0. The average molecular weight is 513 g/mol. The highest BCUT2D eigenvalue weighted by Gasteiger charge is 2.51. The number of hydrogen-bond acceptors (Lipinski definition) is 12. The maximum absolute atomic E-state index is 12.7. The van der Waals surface area contributed by atoms with Crippen molar-refractivity contribution < 1.29 is 32.1 Å². The van der Waals surface area contributed by atoms with Gasteiger partial charge in [-0.1, -0.05) is 5.16 Å². The molecule has 1 fully saturated rings. The van der Waals surface area contributed by atoms with Crippen LogP contribution in [0.1, 0.15) is 18.2 Å². The molecule has 7 N–H and O–H groups in total. The monoisotopic (exact) mass is 512 g/mol. The Kier molecular flexibility index (Phi) is 7.28. The van der Waals surface area contributed by atoms with E-state index < -0.39 is 34.2 Å². The van der Waals surface area contributed by atoms with Gasteiger partial charge in [0.25, 0.3) is 11.8 Å². The van der Waals surface area contributed by atoms with Gasteiger partial charge in [0.15, 0.2) is 17.5 Å². The van der Waals surface area contributed by atoms with E-state index in [0.717, 1.165) is 11.3 Å². The molecular formula is C17H20N8O7S2. The Balaban J connectivity index is 1.61. The van der Waals surface area contributed by atoms with Gasteiger partial charge in [-0.05, 0) is 13.0 Å². The van der Waals surface area contributed by atoms with Gasteiger partial charge >= 0.3 is 10.3 Å². The Morgan fingerprint density at radius 2 is 2.15 bits per heavy atom. The van der Waals surface area contributed by atoms with Crippen LogP contribution >= 0.6 is 11.3 Å². The fourth-order valence-corrected chi connectivity index (χ4v) is 4.26. The zero-order valence-corrected chi connectivity index (χ0v) is 19.2. The first kappa shape index (κ1) is 24.8. The Hall–Kier alpha value is -3.83. The number of amides is 2. The van der Waals surface area contributed by atoms with E-state index >= 15 is 0 Å². The number of pyridine rings is 1. The number of carbonyl (C=O) groups is 2. The molecule has 0 radical (unpaired) electrons. The van der Waals surface area contributed by atoms with Crippen LogP contribution in [0.4, 0.5) is 5.13 Å². The van der Waals surface area contributed by atoms with E-state index in [-0.39, 0.29) is 45.8 Å². The second-order valence-corrected chi connectivity index (χ2v) is 8.97. The third kappa shape index (κ3) is 5.56. The lowest BCUT2D eigenvalue weighted by Crippen LogP contribution is -2.71. The topological polar surface area (TPSA) is 236 Å². The number of oxime groups is 1. The molecule has 0 bridgehead atoms. The van der Waals surface area contributed by atoms with Crippen LogP contribution in [0.15, 0.2) is 28.9 Å². The van der Waals surface area contributed by atoms with Crippen LogP contribution in [0.5, 0.6) is 5.88 Å². The van der Waals surface area contributed by atoms with Crippen molar-refractivity contribution in [2.24, 2.45) is 10.9 Å². The molecule has 2 aromatic rings. The molecule has 3 heterocycles. The molecule has 3 rings (SSSR count). The number of nitrogen functional groups attached to an aromatic ring is 2. The van der Waals surface area contributed by atoms with Crippen molar-refractivity contribution in [3.63, 3.8) is 0 Å². The molecule has 2 aromatic heterocycles. The van der Waals surface area contributed by atoms with E-state index in [4.69, 9.17) is 31.0 Å². The molecule has 2 atom stereocenters. The van der Waals surface area contributed by atoms with Crippen molar-refractivity contribution in [2.75, 3.05) is 18.9 Å². The number of nitrogens with zero attached hydrogens (tertiary/aromatic N) is 4. The molecule has 1 saturated heterocycles. The van der Waals surface area contributed by atoms with Crippen LogP contribution < -0.4 is 21.5 Å². The highest BCUT2D eigenvalue weighted by atomic mass is 32.2. The van der Waals surface area contributed by atoms with E-state index in [1.807, 2.05) is 0 Å². The molecule has 0 spiro atoms. The average Bonchev–Trinajstić information content (AvgIpc) is 3.19. The Labute approximate surface area is 197 Å². The first-order valence-electron chi connectivity index (χ1n) is 9.45. The van der Waals surface area contributed by atoms with Gasteiger partial charge in [0, 0.05) is 23.2 Å². The van der Waals surface area contributed by atoms with E-state index in [1.165, 1.54) is 24.6 Å². The summed E-state index contributed by atoms with van der Waals surface area (Å²) < 4.78 is 37.2. The number of aromatic nitrogens is 2. The minimum absolute atomic E-state index is 0.00544. The summed E-state index contributed by atoms with van der Waals surface area (Å²) in [5.74, 6) is -1.75. The molecule has 1 aliphatic heterocycles. The van der Waals surface area contributed by atoms with Gasteiger partial charge in [0.2, 0.25) is 5.88 Å². The molecule has 0 saturated carbocycles. The molecule has 34 heavy (non-hydrogen) atoms. The number of carbonyl (C=O) groups excluding carboxylic acids is 2. The number of nitrogens with two attached hydrogens (primary N) is 2. The van der Waals surface area contributed by atoms with Crippen LogP contribution in [0, 0.1) is 5.41 Å². The number of thiazole rings is 1. The number of ether oxygens (including phenoxy) is 1. The number of nitrogens with one attached hydrogen (secondary N) is 2. The van der Waals surface area contributed by atoms with Crippen LogP contribution in [-0.4, -0.2) is 75.9 Å². The number of β-lactam (4-membered cyclic amide) rings is 1. The van der Waals surface area contributed by atoms with E-state index in [2.05, 4.69) is 20.4 Å². The molecular weight excluding hydrogens is 492 g/mol. The number of amidine groups is 1. The minimum Gasteiger partial charge on any atom is -0.474 e. The summed E-state index contributed by atoms with van der Waals surface area (Å²) >= 11 is 1.04. The Morgan fingerprint density at radius 3 is 2.68 bits per heavy atom. The molecule has 0 aliphatic carbocycles. The van der Waals surface area contributed by atoms with E-state index in [1.54, 1.807) is 6.07 Å². The maximum atomic E-state index is 12.7. The van der Waals surface area contributed by atoms with Crippen molar-refractivity contribution in [3.05, 3.63) is 35.0 Å². The molecule has 0 unspecified atom stereocenters. The SMILES string of the molecule is C[C@H]1[C@H](NC(=O)C(=NOCCOc2ccc(C(=N)N)cn2)c2csc(N)n2)C(=O)N1S(=O)(=O)O. The van der Waals surface area contributed by atoms with Crippen molar-refractivity contribution in [1.82, 2.24) is 19.6 Å². The lowest BCUT2D eigenvalue weighted by molar-refractivity contribution is -0.143.